The van der Waals surface area contributed by atoms with E-state index < -0.39 is 0 Å². The molecule has 1 aliphatic heterocycles. The average molecular weight is 417 g/mol. The minimum Gasteiger partial charge on any atom is -0.352 e. The normalized spacial score (nSPS) is 15.2. The number of nitrogens with one attached hydrogen (secondary N) is 2. The Balaban J connectivity index is 1.45. The minimum atomic E-state index is -0.313. The van der Waals surface area contributed by atoms with Crippen LogP contribution in [0.1, 0.15) is 38.5 Å². The fourth-order valence-corrected chi connectivity index (χ4v) is 3.76. The maximum absolute atomic E-state index is 12.4. The van der Waals surface area contributed by atoms with Crippen LogP contribution in [0.3, 0.4) is 0 Å². The van der Waals surface area contributed by atoms with Crippen LogP contribution in [-0.2, 0) is 6.42 Å². The van der Waals surface area contributed by atoms with Gasteiger partial charge >= 0.3 is 0 Å². The quantitative estimate of drug-likeness (QED) is 0.637. The van der Waals surface area contributed by atoms with Crippen LogP contribution >= 0.6 is 11.3 Å². The van der Waals surface area contributed by atoms with Gasteiger partial charge in [-0.05, 0) is 44.6 Å². The number of piperazine rings is 1. The van der Waals surface area contributed by atoms with Crippen LogP contribution in [0.25, 0.3) is 0 Å². The molecule has 8 nitrogen and oxygen atoms in total. The summed E-state index contributed by atoms with van der Waals surface area (Å²) < 4.78 is 0. The van der Waals surface area contributed by atoms with Crippen LogP contribution in [0.15, 0.2) is 24.3 Å². The summed E-state index contributed by atoms with van der Waals surface area (Å²) in [5, 5.41) is 14.7. The summed E-state index contributed by atoms with van der Waals surface area (Å²) in [6, 6.07) is 6.93. The Morgan fingerprint density at radius 3 is 2.66 bits per heavy atom. The van der Waals surface area contributed by atoms with E-state index in [2.05, 4.69) is 37.7 Å². The predicted octanol–water partition coefficient (Wildman–Crippen LogP) is 1.72. The summed E-state index contributed by atoms with van der Waals surface area (Å²) in [6.45, 7) is 7.96. The van der Waals surface area contributed by atoms with Crippen molar-refractivity contribution in [3.8, 4) is 0 Å². The predicted molar refractivity (Wildman–Crippen MR) is 115 cm³/mol. The summed E-state index contributed by atoms with van der Waals surface area (Å²) in [6.07, 6.45) is 1.66. The second kappa shape index (κ2) is 10.4. The lowest BCUT2D eigenvalue weighted by atomic mass is 10.2. The van der Waals surface area contributed by atoms with Crippen molar-refractivity contribution < 1.29 is 9.59 Å². The Hall–Kier alpha value is -2.36. The standard InChI is InChI=1S/C20H28N6O2S/c1-3-17-23-24-20(29-17)19(28)22-16-7-4-6-15(14-16)18(27)21-8-5-9-26-12-10-25(2)11-13-26/h4,6-7,14H,3,5,8-13H2,1-2H3,(H,21,27)(H,22,28). The molecule has 1 saturated heterocycles. The Morgan fingerprint density at radius 1 is 1.14 bits per heavy atom. The van der Waals surface area contributed by atoms with Gasteiger partial charge in [-0.3, -0.25) is 9.59 Å². The summed E-state index contributed by atoms with van der Waals surface area (Å²) in [5.41, 5.74) is 1.09. The van der Waals surface area contributed by atoms with Gasteiger partial charge in [0.15, 0.2) is 0 Å². The molecular formula is C20H28N6O2S. The van der Waals surface area contributed by atoms with Gasteiger partial charge in [0.05, 0.1) is 0 Å². The number of rotatable bonds is 8. The molecular weight excluding hydrogens is 388 g/mol. The largest absolute Gasteiger partial charge is 0.352 e. The maximum atomic E-state index is 12.4. The first kappa shape index (κ1) is 21.4. The molecule has 9 heteroatoms. The second-order valence-electron chi connectivity index (χ2n) is 7.14. The van der Waals surface area contributed by atoms with Crippen molar-refractivity contribution >= 4 is 28.8 Å². The first-order valence-corrected chi connectivity index (χ1v) is 10.8. The van der Waals surface area contributed by atoms with Gasteiger partial charge < -0.3 is 20.4 Å². The molecule has 0 radical (unpaired) electrons. The lowest BCUT2D eigenvalue weighted by molar-refractivity contribution is 0.0948. The fourth-order valence-electron chi connectivity index (χ4n) is 3.09. The van der Waals surface area contributed by atoms with Gasteiger partial charge in [0.25, 0.3) is 11.8 Å². The van der Waals surface area contributed by atoms with E-state index in [4.69, 9.17) is 0 Å². The first-order valence-electron chi connectivity index (χ1n) is 9.98. The topological polar surface area (TPSA) is 90.5 Å². The number of benzene rings is 1. The molecule has 0 atom stereocenters. The first-order chi connectivity index (χ1) is 14.0. The molecule has 156 valence electrons. The lowest BCUT2D eigenvalue weighted by Crippen LogP contribution is -2.45. The van der Waals surface area contributed by atoms with E-state index in [0.29, 0.717) is 22.8 Å². The molecule has 2 amide bonds. The number of carbonyl (C=O) groups is 2. The molecule has 0 bridgehead atoms. The van der Waals surface area contributed by atoms with Gasteiger partial charge in [-0.2, -0.15) is 0 Å². The third kappa shape index (κ3) is 6.31. The number of carbonyl (C=O) groups excluding carboxylic acids is 2. The Labute approximate surface area is 175 Å². The van der Waals surface area contributed by atoms with E-state index >= 15 is 0 Å². The molecule has 0 saturated carbocycles. The minimum absolute atomic E-state index is 0.135. The number of aryl methyl sites for hydroxylation is 1. The lowest BCUT2D eigenvalue weighted by Gasteiger charge is -2.32. The number of anilines is 1. The molecule has 1 aromatic carbocycles. The molecule has 0 spiro atoms. The zero-order chi connectivity index (χ0) is 20.6. The molecule has 29 heavy (non-hydrogen) atoms. The smallest absolute Gasteiger partial charge is 0.286 e. The van der Waals surface area contributed by atoms with Crippen LogP contribution in [0.4, 0.5) is 5.69 Å². The van der Waals surface area contributed by atoms with Crippen LogP contribution in [0.5, 0.6) is 0 Å². The van der Waals surface area contributed by atoms with Crippen molar-refractivity contribution in [2.75, 3.05) is 51.6 Å². The van der Waals surface area contributed by atoms with Crippen molar-refractivity contribution in [3.05, 3.63) is 39.8 Å². The van der Waals surface area contributed by atoms with E-state index in [-0.39, 0.29) is 11.8 Å². The highest BCUT2D eigenvalue weighted by atomic mass is 32.1. The monoisotopic (exact) mass is 416 g/mol. The number of amides is 2. The molecule has 0 aliphatic carbocycles. The number of hydrogen-bond acceptors (Lipinski definition) is 7. The SMILES string of the molecule is CCc1nnc(C(=O)Nc2cccc(C(=O)NCCCN3CCN(C)CC3)c2)s1. The van der Waals surface area contributed by atoms with Gasteiger partial charge in [0, 0.05) is 44.0 Å². The van der Waals surface area contributed by atoms with E-state index in [0.717, 1.165) is 50.6 Å². The van der Waals surface area contributed by atoms with Gasteiger partial charge in [0.1, 0.15) is 5.01 Å². The van der Waals surface area contributed by atoms with Crippen molar-refractivity contribution in [2.24, 2.45) is 0 Å². The highest BCUT2D eigenvalue weighted by molar-refractivity contribution is 7.13. The molecule has 1 aromatic heterocycles. The zero-order valence-corrected chi connectivity index (χ0v) is 17.8. The van der Waals surface area contributed by atoms with Gasteiger partial charge in [0.2, 0.25) is 5.01 Å². The van der Waals surface area contributed by atoms with Crippen molar-refractivity contribution in [2.45, 2.75) is 19.8 Å². The zero-order valence-electron chi connectivity index (χ0n) is 17.0. The maximum Gasteiger partial charge on any atom is 0.286 e. The van der Waals surface area contributed by atoms with Crippen molar-refractivity contribution in [1.29, 1.82) is 0 Å². The van der Waals surface area contributed by atoms with Crippen LogP contribution in [-0.4, -0.2) is 78.1 Å². The summed E-state index contributed by atoms with van der Waals surface area (Å²) in [7, 11) is 2.14. The number of hydrogen-bond donors (Lipinski definition) is 2. The third-order valence-corrected chi connectivity index (χ3v) is 5.95. The van der Waals surface area contributed by atoms with Gasteiger partial charge in [-0.1, -0.05) is 24.3 Å². The number of likely N-dealkylation sites (N-methyl/N-ethyl adjacent to an activating group) is 1. The Bertz CT molecular complexity index is 832. The number of nitrogens with zero attached hydrogens (tertiary/aromatic N) is 4. The molecule has 2 heterocycles. The molecule has 3 rings (SSSR count). The molecule has 2 N–H and O–H groups in total. The summed E-state index contributed by atoms with van der Waals surface area (Å²) >= 11 is 1.28. The number of aromatic nitrogens is 2. The van der Waals surface area contributed by atoms with E-state index in [9.17, 15) is 9.59 Å². The second-order valence-corrected chi connectivity index (χ2v) is 8.21. The summed E-state index contributed by atoms with van der Waals surface area (Å²) in [5.74, 6) is -0.449. The Kier molecular flexibility index (Phi) is 7.68. The Morgan fingerprint density at radius 2 is 1.93 bits per heavy atom. The fraction of sp³-hybridized carbons (Fsp3) is 0.500. The van der Waals surface area contributed by atoms with Crippen LogP contribution < -0.4 is 10.6 Å². The average Bonchev–Trinajstić information content (AvgIpc) is 3.22. The highest BCUT2D eigenvalue weighted by Gasteiger charge is 2.15. The van der Waals surface area contributed by atoms with E-state index in [1.165, 1.54) is 11.3 Å². The van der Waals surface area contributed by atoms with Crippen LogP contribution in [0, 0.1) is 0 Å². The highest BCUT2D eigenvalue weighted by Crippen LogP contribution is 2.15. The van der Waals surface area contributed by atoms with Crippen molar-refractivity contribution in [1.82, 2.24) is 25.3 Å². The molecule has 0 unspecified atom stereocenters. The van der Waals surface area contributed by atoms with Gasteiger partial charge in [-0.15, -0.1) is 10.2 Å². The molecule has 1 aliphatic rings. The van der Waals surface area contributed by atoms with Crippen molar-refractivity contribution in [3.63, 3.8) is 0 Å². The molecule has 2 aromatic rings. The summed E-state index contributed by atoms with van der Waals surface area (Å²) in [4.78, 5) is 29.5. The third-order valence-electron chi connectivity index (χ3n) is 4.88. The van der Waals surface area contributed by atoms with E-state index in [1.54, 1.807) is 24.3 Å². The van der Waals surface area contributed by atoms with Gasteiger partial charge in [-0.25, -0.2) is 0 Å². The molecule has 1 fully saturated rings. The van der Waals surface area contributed by atoms with E-state index in [1.807, 2.05) is 6.92 Å². The van der Waals surface area contributed by atoms with Crippen LogP contribution in [0.2, 0.25) is 0 Å².